The van der Waals surface area contributed by atoms with Gasteiger partial charge < -0.3 is 5.11 Å². The van der Waals surface area contributed by atoms with Gasteiger partial charge in [0.05, 0.1) is 18.2 Å². The first kappa shape index (κ1) is 8.51. The summed E-state index contributed by atoms with van der Waals surface area (Å²) in [7, 11) is 0. The Hall–Kier alpha value is -1.59. The summed E-state index contributed by atoms with van der Waals surface area (Å²) in [6.07, 6.45) is 3.46. The summed E-state index contributed by atoms with van der Waals surface area (Å²) < 4.78 is 0. The molecule has 0 aliphatic carbocycles. The second-order valence-corrected chi connectivity index (χ2v) is 2.32. The van der Waals surface area contributed by atoms with E-state index in [2.05, 4.69) is 0 Å². The van der Waals surface area contributed by atoms with Crippen molar-refractivity contribution in [1.82, 2.24) is 0 Å². The zero-order chi connectivity index (χ0) is 8.81. The molecule has 2 heteroatoms. The number of nitrogens with zero attached hydrogens (tertiary/aromatic N) is 1. The van der Waals surface area contributed by atoms with E-state index < -0.39 is 0 Å². The summed E-state index contributed by atoms with van der Waals surface area (Å²) in [5, 5.41) is 17.0. The van der Waals surface area contributed by atoms with Crippen molar-refractivity contribution in [3.05, 3.63) is 41.5 Å². The lowest BCUT2D eigenvalue weighted by Crippen LogP contribution is -1.76. The maximum absolute atomic E-state index is 8.50. The molecule has 60 valence electrons. The molecule has 0 aromatic heterocycles. The molecule has 1 N–H and O–H groups in total. The van der Waals surface area contributed by atoms with E-state index in [1.165, 1.54) is 0 Å². The first-order chi connectivity index (χ1) is 5.86. The number of aliphatic hydroxyl groups is 1. The number of hydrogen-bond acceptors (Lipinski definition) is 2. The first-order valence-electron chi connectivity index (χ1n) is 3.64. The van der Waals surface area contributed by atoms with Gasteiger partial charge in [-0.1, -0.05) is 24.3 Å². The fourth-order valence-corrected chi connectivity index (χ4v) is 0.858. The van der Waals surface area contributed by atoms with Crippen LogP contribution in [0.3, 0.4) is 0 Å². The van der Waals surface area contributed by atoms with Crippen molar-refractivity contribution in [3.8, 4) is 6.07 Å². The first-order valence-corrected chi connectivity index (χ1v) is 3.64. The number of benzene rings is 1. The summed E-state index contributed by atoms with van der Waals surface area (Å²) >= 11 is 0. The maximum atomic E-state index is 8.50. The zero-order valence-electron chi connectivity index (χ0n) is 6.57. The van der Waals surface area contributed by atoms with Gasteiger partial charge in [0, 0.05) is 0 Å². The highest BCUT2D eigenvalue weighted by Crippen LogP contribution is 2.04. The molecule has 0 fully saturated rings. The number of hydrogen-bond donors (Lipinski definition) is 1. The molecule has 0 unspecified atom stereocenters. The van der Waals surface area contributed by atoms with Gasteiger partial charge in [-0.15, -0.1) is 0 Å². The van der Waals surface area contributed by atoms with Crippen LogP contribution in [0, 0.1) is 11.3 Å². The molecule has 0 spiro atoms. The number of rotatable bonds is 2. The molecule has 12 heavy (non-hydrogen) atoms. The molecule has 0 heterocycles. The standard InChI is InChI=1S/C10H9NO/c11-8-10-5-3-9(4-6-10)2-1-7-12/h1-6,12H,7H2. The van der Waals surface area contributed by atoms with E-state index in [1.807, 2.05) is 18.2 Å². The molecule has 0 bridgehead atoms. The van der Waals surface area contributed by atoms with Crippen LogP contribution in [0.15, 0.2) is 30.3 Å². The highest BCUT2D eigenvalue weighted by atomic mass is 16.2. The van der Waals surface area contributed by atoms with E-state index in [9.17, 15) is 0 Å². The van der Waals surface area contributed by atoms with Crippen LogP contribution in [0.4, 0.5) is 0 Å². The minimum atomic E-state index is 0.0417. The highest BCUT2D eigenvalue weighted by Gasteiger charge is 1.87. The summed E-state index contributed by atoms with van der Waals surface area (Å²) in [5.41, 5.74) is 1.64. The van der Waals surface area contributed by atoms with Crippen molar-refractivity contribution in [2.24, 2.45) is 0 Å². The van der Waals surface area contributed by atoms with Gasteiger partial charge in [0.15, 0.2) is 0 Å². The molecule has 0 aliphatic heterocycles. The average Bonchev–Trinajstić information content (AvgIpc) is 2.15. The van der Waals surface area contributed by atoms with Gasteiger partial charge in [0.25, 0.3) is 0 Å². The molecular formula is C10H9NO. The maximum Gasteiger partial charge on any atom is 0.0991 e. The van der Waals surface area contributed by atoms with Crippen LogP contribution < -0.4 is 0 Å². The summed E-state index contributed by atoms with van der Waals surface area (Å²) in [4.78, 5) is 0. The largest absolute Gasteiger partial charge is 0.392 e. The third-order valence-electron chi connectivity index (χ3n) is 1.46. The fraction of sp³-hybridized carbons (Fsp3) is 0.100. The van der Waals surface area contributed by atoms with E-state index in [1.54, 1.807) is 24.3 Å². The fourth-order valence-electron chi connectivity index (χ4n) is 0.858. The highest BCUT2D eigenvalue weighted by molar-refractivity contribution is 5.50. The quantitative estimate of drug-likeness (QED) is 0.711. The smallest absolute Gasteiger partial charge is 0.0991 e. The molecule has 2 nitrogen and oxygen atoms in total. The van der Waals surface area contributed by atoms with E-state index in [0.717, 1.165) is 5.56 Å². The van der Waals surface area contributed by atoms with Gasteiger partial charge in [-0.3, -0.25) is 0 Å². The average molecular weight is 159 g/mol. The van der Waals surface area contributed by atoms with Crippen molar-refractivity contribution < 1.29 is 5.11 Å². The van der Waals surface area contributed by atoms with Crippen LogP contribution in [-0.2, 0) is 0 Å². The van der Waals surface area contributed by atoms with Crippen molar-refractivity contribution in [3.63, 3.8) is 0 Å². The van der Waals surface area contributed by atoms with Gasteiger partial charge in [0.1, 0.15) is 0 Å². The third-order valence-corrected chi connectivity index (χ3v) is 1.46. The third kappa shape index (κ3) is 2.22. The van der Waals surface area contributed by atoms with Crippen LogP contribution in [0.1, 0.15) is 11.1 Å². The minimum Gasteiger partial charge on any atom is -0.392 e. The molecule has 0 amide bonds. The summed E-state index contributed by atoms with van der Waals surface area (Å²) in [6, 6.07) is 9.21. The summed E-state index contributed by atoms with van der Waals surface area (Å²) in [6.45, 7) is 0.0417. The predicted octanol–water partition coefficient (Wildman–Crippen LogP) is 1.56. The van der Waals surface area contributed by atoms with Crippen molar-refractivity contribution in [2.75, 3.05) is 6.61 Å². The Kier molecular flexibility index (Phi) is 3.06. The van der Waals surface area contributed by atoms with Crippen molar-refractivity contribution in [2.45, 2.75) is 0 Å². The number of aliphatic hydroxyl groups excluding tert-OH is 1. The SMILES string of the molecule is N#Cc1ccc(C=CCO)cc1. The predicted molar refractivity (Wildman–Crippen MR) is 47.3 cm³/mol. The molecule has 0 saturated carbocycles. The lowest BCUT2D eigenvalue weighted by atomic mass is 10.1. The van der Waals surface area contributed by atoms with Crippen LogP contribution >= 0.6 is 0 Å². The Bertz CT molecular complexity index is 306. The molecule has 0 radical (unpaired) electrons. The van der Waals surface area contributed by atoms with Gasteiger partial charge in [0.2, 0.25) is 0 Å². The Morgan fingerprint density at radius 3 is 2.50 bits per heavy atom. The molecule has 0 saturated heterocycles. The summed E-state index contributed by atoms with van der Waals surface area (Å²) in [5.74, 6) is 0. The lowest BCUT2D eigenvalue weighted by molar-refractivity contribution is 0.343. The Morgan fingerprint density at radius 2 is 2.00 bits per heavy atom. The van der Waals surface area contributed by atoms with Crippen LogP contribution in [0.2, 0.25) is 0 Å². The number of nitriles is 1. The Morgan fingerprint density at radius 1 is 1.33 bits per heavy atom. The zero-order valence-corrected chi connectivity index (χ0v) is 6.57. The molecule has 0 aliphatic rings. The molecule has 1 aromatic rings. The normalized spacial score (nSPS) is 10.0. The topological polar surface area (TPSA) is 44.0 Å². The lowest BCUT2D eigenvalue weighted by Gasteiger charge is -1.91. The Balaban J connectivity index is 2.80. The molecular weight excluding hydrogens is 150 g/mol. The van der Waals surface area contributed by atoms with Gasteiger partial charge in [-0.2, -0.15) is 5.26 Å². The second-order valence-electron chi connectivity index (χ2n) is 2.32. The van der Waals surface area contributed by atoms with E-state index in [0.29, 0.717) is 5.56 Å². The van der Waals surface area contributed by atoms with E-state index in [4.69, 9.17) is 10.4 Å². The molecule has 0 atom stereocenters. The monoisotopic (exact) mass is 159 g/mol. The van der Waals surface area contributed by atoms with Crippen molar-refractivity contribution >= 4 is 6.08 Å². The second kappa shape index (κ2) is 4.32. The van der Waals surface area contributed by atoms with Gasteiger partial charge in [-0.25, -0.2) is 0 Å². The Labute approximate surface area is 71.4 Å². The molecule has 1 aromatic carbocycles. The van der Waals surface area contributed by atoms with Crippen LogP contribution in [-0.4, -0.2) is 11.7 Å². The van der Waals surface area contributed by atoms with Crippen LogP contribution in [0.5, 0.6) is 0 Å². The van der Waals surface area contributed by atoms with Crippen LogP contribution in [0.25, 0.3) is 6.08 Å². The van der Waals surface area contributed by atoms with Crippen molar-refractivity contribution in [1.29, 1.82) is 5.26 Å². The molecule has 1 rings (SSSR count). The van der Waals surface area contributed by atoms with Gasteiger partial charge in [-0.05, 0) is 17.7 Å². The van der Waals surface area contributed by atoms with E-state index >= 15 is 0 Å². The van der Waals surface area contributed by atoms with Gasteiger partial charge >= 0.3 is 0 Å². The minimum absolute atomic E-state index is 0.0417. The van der Waals surface area contributed by atoms with E-state index in [-0.39, 0.29) is 6.61 Å².